The Morgan fingerprint density at radius 1 is 1.42 bits per heavy atom. The van der Waals surface area contributed by atoms with E-state index in [2.05, 4.69) is 9.97 Å². The predicted molar refractivity (Wildman–Crippen MR) is 87.4 cm³/mol. The highest BCUT2D eigenvalue weighted by molar-refractivity contribution is 8.00. The van der Waals surface area contributed by atoms with Crippen LogP contribution in [0.25, 0.3) is 0 Å². The van der Waals surface area contributed by atoms with Gasteiger partial charge in [-0.25, -0.2) is 8.42 Å². The van der Waals surface area contributed by atoms with Crippen molar-refractivity contribution in [3.63, 3.8) is 0 Å². The van der Waals surface area contributed by atoms with Crippen LogP contribution in [-0.2, 0) is 14.6 Å². The number of nitrogens with two attached hydrogens (primary N) is 1. The molecule has 2 N–H and O–H groups in total. The number of carbonyl (C=O) groups excluding carboxylic acids is 1. The standard InChI is InChI=1S/C13H18N4O5S2/c1-13(6-14,7-24(4,19)20)10(11(15)18)23-12-16-8(21-2)5-9(17-12)22-3/h5,10H,7H2,1-4H3,(H2,15,18). The first kappa shape index (κ1) is 20.0. The van der Waals surface area contributed by atoms with Gasteiger partial charge in [-0.1, -0.05) is 11.8 Å². The van der Waals surface area contributed by atoms with Gasteiger partial charge in [-0.2, -0.15) is 15.2 Å². The molecule has 1 heterocycles. The number of amides is 1. The van der Waals surface area contributed by atoms with Crippen LogP contribution in [-0.4, -0.2) is 55.8 Å². The summed E-state index contributed by atoms with van der Waals surface area (Å²) in [6.07, 6.45) is 0.983. The lowest BCUT2D eigenvalue weighted by Gasteiger charge is -2.27. The first-order valence-corrected chi connectivity index (χ1v) is 9.50. The summed E-state index contributed by atoms with van der Waals surface area (Å²) in [7, 11) is -0.737. The van der Waals surface area contributed by atoms with Crippen LogP contribution in [0.4, 0.5) is 0 Å². The van der Waals surface area contributed by atoms with Crippen molar-refractivity contribution in [2.24, 2.45) is 11.1 Å². The maximum atomic E-state index is 11.8. The van der Waals surface area contributed by atoms with Gasteiger partial charge in [-0.05, 0) is 6.92 Å². The molecule has 132 valence electrons. The van der Waals surface area contributed by atoms with Crippen molar-refractivity contribution in [2.75, 3.05) is 26.2 Å². The van der Waals surface area contributed by atoms with Gasteiger partial charge in [0, 0.05) is 6.26 Å². The zero-order valence-corrected chi connectivity index (χ0v) is 15.3. The lowest BCUT2D eigenvalue weighted by Crippen LogP contribution is -2.43. The molecule has 0 radical (unpaired) electrons. The molecule has 0 aliphatic carbocycles. The third-order valence-corrected chi connectivity index (χ3v) is 5.46. The highest BCUT2D eigenvalue weighted by Gasteiger charge is 2.42. The number of primary amides is 1. The van der Waals surface area contributed by atoms with E-state index in [-0.39, 0.29) is 16.9 Å². The average Bonchev–Trinajstić information content (AvgIpc) is 2.50. The number of sulfone groups is 1. The number of carbonyl (C=O) groups is 1. The number of ether oxygens (including phenoxy) is 2. The van der Waals surface area contributed by atoms with Crippen LogP contribution < -0.4 is 15.2 Å². The lowest BCUT2D eigenvalue weighted by molar-refractivity contribution is -0.118. The van der Waals surface area contributed by atoms with E-state index in [1.165, 1.54) is 27.2 Å². The van der Waals surface area contributed by atoms with Crippen LogP contribution in [0.3, 0.4) is 0 Å². The number of thioether (sulfide) groups is 1. The maximum Gasteiger partial charge on any atom is 0.232 e. The van der Waals surface area contributed by atoms with Crippen LogP contribution in [0.5, 0.6) is 11.8 Å². The third kappa shape index (κ3) is 5.24. The van der Waals surface area contributed by atoms with Gasteiger partial charge in [0.15, 0.2) is 5.16 Å². The van der Waals surface area contributed by atoms with E-state index in [4.69, 9.17) is 15.2 Å². The normalized spacial score (nSPS) is 15.0. The Morgan fingerprint density at radius 3 is 2.25 bits per heavy atom. The second kappa shape index (κ2) is 7.67. The van der Waals surface area contributed by atoms with Crippen LogP contribution in [0, 0.1) is 16.7 Å². The fraction of sp³-hybridized carbons (Fsp3) is 0.538. The quantitative estimate of drug-likeness (QED) is 0.491. The summed E-state index contributed by atoms with van der Waals surface area (Å²) in [4.78, 5) is 19.9. The molecule has 0 fully saturated rings. The van der Waals surface area contributed by atoms with Crippen molar-refractivity contribution < 1.29 is 22.7 Å². The van der Waals surface area contributed by atoms with Crippen molar-refractivity contribution in [3.8, 4) is 17.8 Å². The molecule has 1 aromatic rings. The van der Waals surface area contributed by atoms with Crippen molar-refractivity contribution in [2.45, 2.75) is 17.3 Å². The van der Waals surface area contributed by atoms with E-state index in [1.54, 1.807) is 0 Å². The molecule has 0 saturated carbocycles. The predicted octanol–water partition coefficient (Wildman–Crippen LogP) is 0.0143. The van der Waals surface area contributed by atoms with E-state index < -0.39 is 32.2 Å². The zero-order chi connectivity index (χ0) is 18.5. The number of hydrogen-bond donors (Lipinski definition) is 1. The summed E-state index contributed by atoms with van der Waals surface area (Å²) in [5, 5.41) is 8.31. The van der Waals surface area contributed by atoms with Gasteiger partial charge in [0.05, 0.1) is 37.5 Å². The zero-order valence-electron chi connectivity index (χ0n) is 13.6. The summed E-state index contributed by atoms with van der Waals surface area (Å²) >= 11 is 0.784. The molecule has 0 aromatic carbocycles. The van der Waals surface area contributed by atoms with Crippen LogP contribution >= 0.6 is 11.8 Å². The third-order valence-electron chi connectivity index (χ3n) is 2.95. The fourth-order valence-electron chi connectivity index (χ4n) is 1.96. The summed E-state index contributed by atoms with van der Waals surface area (Å²) in [6, 6.07) is 3.31. The number of nitrogens with zero attached hydrogens (tertiary/aromatic N) is 3. The Balaban J connectivity index is 3.28. The van der Waals surface area contributed by atoms with E-state index >= 15 is 0 Å². The summed E-state index contributed by atoms with van der Waals surface area (Å²) < 4.78 is 33.2. The number of hydrogen-bond acceptors (Lipinski definition) is 9. The molecular weight excluding hydrogens is 356 g/mol. The Kier molecular flexibility index (Phi) is 6.39. The maximum absolute atomic E-state index is 11.8. The van der Waals surface area contributed by atoms with Gasteiger partial charge in [0.25, 0.3) is 0 Å². The van der Waals surface area contributed by atoms with E-state index in [0.29, 0.717) is 0 Å². The molecule has 0 aliphatic heterocycles. The molecule has 9 nitrogen and oxygen atoms in total. The highest BCUT2D eigenvalue weighted by Crippen LogP contribution is 2.36. The second-order valence-electron chi connectivity index (χ2n) is 5.23. The van der Waals surface area contributed by atoms with Crippen molar-refractivity contribution >= 4 is 27.5 Å². The SMILES string of the molecule is COc1cc(OC)nc(SC(C(N)=O)C(C)(C#N)CS(C)(=O)=O)n1. The van der Waals surface area contributed by atoms with Gasteiger partial charge in [0.1, 0.15) is 15.1 Å². The average molecular weight is 374 g/mol. The summed E-state index contributed by atoms with van der Waals surface area (Å²) in [5.74, 6) is -1.00. The second-order valence-corrected chi connectivity index (χ2v) is 8.45. The van der Waals surface area contributed by atoms with Crippen molar-refractivity contribution in [1.29, 1.82) is 5.26 Å². The number of methoxy groups -OCH3 is 2. The van der Waals surface area contributed by atoms with Crippen LogP contribution in [0.1, 0.15) is 6.92 Å². The molecule has 24 heavy (non-hydrogen) atoms. The highest BCUT2D eigenvalue weighted by atomic mass is 32.2. The topological polar surface area (TPSA) is 145 Å². The first-order valence-electron chi connectivity index (χ1n) is 6.56. The summed E-state index contributed by atoms with van der Waals surface area (Å²) in [5.41, 5.74) is 3.83. The minimum atomic E-state index is -3.52. The molecule has 1 aromatic heterocycles. The lowest BCUT2D eigenvalue weighted by atomic mass is 9.90. The van der Waals surface area contributed by atoms with E-state index in [9.17, 15) is 18.5 Å². The van der Waals surface area contributed by atoms with E-state index in [1.807, 2.05) is 6.07 Å². The van der Waals surface area contributed by atoms with Crippen LogP contribution in [0.2, 0.25) is 0 Å². The minimum Gasteiger partial charge on any atom is -0.481 e. The molecule has 1 rings (SSSR count). The Labute approximate surface area is 144 Å². The smallest absolute Gasteiger partial charge is 0.232 e. The monoisotopic (exact) mass is 374 g/mol. The fourth-order valence-corrected chi connectivity index (χ4v) is 4.40. The van der Waals surface area contributed by atoms with Crippen molar-refractivity contribution in [3.05, 3.63) is 6.07 Å². The number of aromatic nitrogens is 2. The van der Waals surface area contributed by atoms with Gasteiger partial charge >= 0.3 is 0 Å². The van der Waals surface area contributed by atoms with Gasteiger partial charge in [-0.3, -0.25) is 4.79 Å². The Morgan fingerprint density at radius 2 is 1.92 bits per heavy atom. The molecule has 1 amide bonds. The number of nitriles is 1. The number of rotatable bonds is 8. The first-order chi connectivity index (χ1) is 11.0. The molecule has 0 saturated heterocycles. The van der Waals surface area contributed by atoms with Gasteiger partial charge in [0.2, 0.25) is 17.7 Å². The molecular formula is C13H18N4O5S2. The molecule has 2 unspecified atom stereocenters. The molecule has 2 atom stereocenters. The molecule has 0 aliphatic rings. The van der Waals surface area contributed by atoms with Crippen molar-refractivity contribution in [1.82, 2.24) is 9.97 Å². The molecule has 0 bridgehead atoms. The minimum absolute atomic E-state index is 0.0741. The van der Waals surface area contributed by atoms with Gasteiger partial charge in [-0.15, -0.1) is 0 Å². The molecule has 0 spiro atoms. The Bertz CT molecular complexity index is 740. The Hall–Kier alpha value is -2.06. The largest absolute Gasteiger partial charge is 0.481 e. The van der Waals surface area contributed by atoms with E-state index in [0.717, 1.165) is 18.0 Å². The van der Waals surface area contributed by atoms with Gasteiger partial charge < -0.3 is 15.2 Å². The molecule has 11 heteroatoms. The summed E-state index contributed by atoms with van der Waals surface area (Å²) in [6.45, 7) is 1.36. The van der Waals surface area contributed by atoms with Crippen LogP contribution in [0.15, 0.2) is 11.2 Å².